The van der Waals surface area contributed by atoms with Crippen molar-refractivity contribution in [3.05, 3.63) is 0 Å². The summed E-state index contributed by atoms with van der Waals surface area (Å²) in [6.07, 6.45) is 2.12. The largest absolute Gasteiger partial charge is 0.480 e. The molecule has 0 amide bonds. The molecule has 2 atom stereocenters. The van der Waals surface area contributed by atoms with Gasteiger partial charge in [0, 0.05) is 0 Å². The Morgan fingerprint density at radius 1 is 1.25 bits per heavy atom. The SMILES string of the molecule is CCC[C@H](N)C(=O)OCCCC(N)C(=O)O. The fraction of sp³-hybridized carbons (Fsp3) is 0.800. The minimum Gasteiger partial charge on any atom is -0.480 e. The maximum Gasteiger partial charge on any atom is 0.322 e. The summed E-state index contributed by atoms with van der Waals surface area (Å²) in [4.78, 5) is 21.6. The first-order valence-corrected chi connectivity index (χ1v) is 5.39. The number of hydrogen-bond donors (Lipinski definition) is 3. The molecule has 5 N–H and O–H groups in total. The van der Waals surface area contributed by atoms with Gasteiger partial charge in [0.25, 0.3) is 0 Å². The van der Waals surface area contributed by atoms with Crippen molar-refractivity contribution in [1.29, 1.82) is 0 Å². The average Bonchev–Trinajstić information content (AvgIpc) is 2.23. The van der Waals surface area contributed by atoms with Gasteiger partial charge in [0.15, 0.2) is 0 Å². The second-order valence-corrected chi connectivity index (χ2v) is 3.65. The highest BCUT2D eigenvalue weighted by Crippen LogP contribution is 1.99. The Kier molecular flexibility index (Phi) is 7.49. The summed E-state index contributed by atoms with van der Waals surface area (Å²) in [5, 5.41) is 8.50. The number of rotatable bonds is 8. The molecular formula is C10H20N2O4. The number of esters is 1. The van der Waals surface area contributed by atoms with Gasteiger partial charge in [-0.05, 0) is 19.3 Å². The highest BCUT2D eigenvalue weighted by Gasteiger charge is 2.14. The fourth-order valence-corrected chi connectivity index (χ4v) is 1.14. The molecule has 0 spiro atoms. The summed E-state index contributed by atoms with van der Waals surface area (Å²) in [6.45, 7) is 2.09. The zero-order valence-electron chi connectivity index (χ0n) is 9.52. The van der Waals surface area contributed by atoms with Crippen LogP contribution in [0, 0.1) is 0 Å². The Morgan fingerprint density at radius 2 is 1.88 bits per heavy atom. The molecule has 0 heterocycles. The van der Waals surface area contributed by atoms with Crippen molar-refractivity contribution >= 4 is 11.9 Å². The number of carbonyl (C=O) groups excluding carboxylic acids is 1. The van der Waals surface area contributed by atoms with Gasteiger partial charge in [0.1, 0.15) is 12.1 Å². The molecule has 0 aromatic rings. The standard InChI is InChI=1S/C10H20N2O4/c1-2-4-8(12)10(15)16-6-3-5-7(11)9(13)14/h7-8H,2-6,11-12H2,1H3,(H,13,14)/t7?,8-/m0/s1. The summed E-state index contributed by atoms with van der Waals surface area (Å²) in [7, 11) is 0. The molecule has 1 unspecified atom stereocenters. The lowest BCUT2D eigenvalue weighted by molar-refractivity contribution is -0.145. The second kappa shape index (κ2) is 8.06. The van der Waals surface area contributed by atoms with E-state index in [1.165, 1.54) is 0 Å². The van der Waals surface area contributed by atoms with Gasteiger partial charge in [-0.15, -0.1) is 0 Å². The maximum absolute atomic E-state index is 11.2. The third-order valence-electron chi connectivity index (χ3n) is 2.12. The van der Waals surface area contributed by atoms with Crippen LogP contribution in [0.5, 0.6) is 0 Å². The minimum atomic E-state index is -1.05. The number of nitrogens with two attached hydrogens (primary N) is 2. The van der Waals surface area contributed by atoms with Crippen molar-refractivity contribution < 1.29 is 19.4 Å². The van der Waals surface area contributed by atoms with Crippen LogP contribution >= 0.6 is 0 Å². The van der Waals surface area contributed by atoms with E-state index in [0.29, 0.717) is 12.8 Å². The van der Waals surface area contributed by atoms with Crippen LogP contribution in [0.25, 0.3) is 0 Å². The van der Waals surface area contributed by atoms with Crippen LogP contribution in [0.1, 0.15) is 32.6 Å². The van der Waals surface area contributed by atoms with Crippen LogP contribution in [-0.4, -0.2) is 35.7 Å². The Balaban J connectivity index is 3.58. The molecule has 0 aliphatic rings. The molecule has 16 heavy (non-hydrogen) atoms. The van der Waals surface area contributed by atoms with Crippen LogP contribution in [0.3, 0.4) is 0 Å². The summed E-state index contributed by atoms with van der Waals surface area (Å²) in [5.41, 5.74) is 10.8. The molecule has 0 aromatic heterocycles. The van der Waals surface area contributed by atoms with Crippen molar-refractivity contribution in [1.82, 2.24) is 0 Å². The van der Waals surface area contributed by atoms with E-state index < -0.39 is 24.0 Å². The zero-order chi connectivity index (χ0) is 12.6. The van der Waals surface area contributed by atoms with Gasteiger partial charge in [-0.2, -0.15) is 0 Å². The van der Waals surface area contributed by atoms with E-state index in [4.69, 9.17) is 21.3 Å². The molecule has 0 bridgehead atoms. The van der Waals surface area contributed by atoms with Gasteiger partial charge in [0.2, 0.25) is 0 Å². The van der Waals surface area contributed by atoms with Crippen molar-refractivity contribution in [2.45, 2.75) is 44.7 Å². The molecule has 0 saturated heterocycles. The number of carbonyl (C=O) groups is 2. The Morgan fingerprint density at radius 3 is 2.38 bits per heavy atom. The molecule has 0 saturated carbocycles. The third-order valence-corrected chi connectivity index (χ3v) is 2.12. The van der Waals surface area contributed by atoms with E-state index >= 15 is 0 Å². The van der Waals surface area contributed by atoms with Crippen LogP contribution in [-0.2, 0) is 14.3 Å². The van der Waals surface area contributed by atoms with Gasteiger partial charge >= 0.3 is 11.9 Å². The molecule has 0 fully saturated rings. The van der Waals surface area contributed by atoms with Crippen molar-refractivity contribution in [2.24, 2.45) is 11.5 Å². The highest BCUT2D eigenvalue weighted by atomic mass is 16.5. The van der Waals surface area contributed by atoms with Gasteiger partial charge in [-0.25, -0.2) is 0 Å². The Hall–Kier alpha value is -1.14. The monoisotopic (exact) mass is 232 g/mol. The zero-order valence-corrected chi connectivity index (χ0v) is 9.52. The van der Waals surface area contributed by atoms with Crippen molar-refractivity contribution in [3.63, 3.8) is 0 Å². The summed E-state index contributed by atoms with van der Waals surface area (Å²) in [5.74, 6) is -1.49. The highest BCUT2D eigenvalue weighted by molar-refractivity contribution is 5.75. The summed E-state index contributed by atoms with van der Waals surface area (Å²) >= 11 is 0. The molecule has 0 radical (unpaired) electrons. The molecule has 0 aliphatic heterocycles. The lowest BCUT2D eigenvalue weighted by Crippen LogP contribution is -2.33. The van der Waals surface area contributed by atoms with Crippen molar-refractivity contribution in [3.8, 4) is 0 Å². The number of carboxylic acids is 1. The smallest absolute Gasteiger partial charge is 0.322 e. The first-order chi connectivity index (χ1) is 7.49. The molecule has 0 aromatic carbocycles. The predicted molar refractivity (Wildman–Crippen MR) is 58.7 cm³/mol. The normalized spacial score (nSPS) is 14.2. The van der Waals surface area contributed by atoms with Crippen molar-refractivity contribution in [2.75, 3.05) is 6.61 Å². The molecule has 0 aliphatic carbocycles. The van der Waals surface area contributed by atoms with E-state index in [1.54, 1.807) is 0 Å². The van der Waals surface area contributed by atoms with Crippen LogP contribution in [0.4, 0.5) is 0 Å². The predicted octanol–water partition coefficient (Wildman–Crippen LogP) is -0.151. The maximum atomic E-state index is 11.2. The lowest BCUT2D eigenvalue weighted by Gasteiger charge is -2.11. The number of aliphatic carboxylic acids is 1. The van der Waals surface area contributed by atoms with E-state index in [9.17, 15) is 9.59 Å². The second-order valence-electron chi connectivity index (χ2n) is 3.65. The number of hydrogen-bond acceptors (Lipinski definition) is 5. The first-order valence-electron chi connectivity index (χ1n) is 5.39. The summed E-state index contributed by atoms with van der Waals surface area (Å²) in [6, 6.07) is -1.49. The van der Waals surface area contributed by atoms with Gasteiger partial charge in [-0.1, -0.05) is 13.3 Å². The fourth-order valence-electron chi connectivity index (χ4n) is 1.14. The molecule has 94 valence electrons. The van der Waals surface area contributed by atoms with Gasteiger partial charge < -0.3 is 21.3 Å². The minimum absolute atomic E-state index is 0.164. The van der Waals surface area contributed by atoms with Crippen LogP contribution in [0.2, 0.25) is 0 Å². The topological polar surface area (TPSA) is 116 Å². The molecule has 0 rings (SSSR count). The van der Waals surface area contributed by atoms with Gasteiger partial charge in [-0.3, -0.25) is 9.59 Å². The van der Waals surface area contributed by atoms with E-state index in [1.807, 2.05) is 6.92 Å². The van der Waals surface area contributed by atoms with Crippen LogP contribution < -0.4 is 11.5 Å². The first kappa shape index (κ1) is 14.9. The van der Waals surface area contributed by atoms with Gasteiger partial charge in [0.05, 0.1) is 6.61 Å². The van der Waals surface area contributed by atoms with Crippen LogP contribution in [0.15, 0.2) is 0 Å². The van der Waals surface area contributed by atoms with E-state index in [2.05, 4.69) is 0 Å². The lowest BCUT2D eigenvalue weighted by atomic mass is 10.2. The number of carboxylic acid groups (broad SMARTS) is 1. The Bertz CT molecular complexity index is 233. The Labute approximate surface area is 94.9 Å². The quantitative estimate of drug-likeness (QED) is 0.396. The third kappa shape index (κ3) is 6.36. The summed E-state index contributed by atoms with van der Waals surface area (Å²) < 4.78 is 4.87. The average molecular weight is 232 g/mol. The van der Waals surface area contributed by atoms with E-state index in [-0.39, 0.29) is 13.0 Å². The number of ether oxygens (including phenoxy) is 1. The molecule has 6 nitrogen and oxygen atoms in total. The van der Waals surface area contributed by atoms with E-state index in [0.717, 1.165) is 6.42 Å². The molecule has 6 heteroatoms. The molecular weight excluding hydrogens is 212 g/mol.